The Morgan fingerprint density at radius 1 is 1.11 bits per heavy atom. The highest BCUT2D eigenvalue weighted by atomic mass is 127. The van der Waals surface area contributed by atoms with Crippen molar-refractivity contribution in [3.63, 3.8) is 0 Å². The third kappa shape index (κ3) is 6.76. The number of methoxy groups -OCH3 is 2. The average molecular weight is 819 g/mol. The first-order valence-corrected chi connectivity index (χ1v) is 16.6. The third-order valence-corrected chi connectivity index (χ3v) is 9.52. The zero-order valence-corrected chi connectivity index (χ0v) is 29.7. The first kappa shape index (κ1) is 33.4. The van der Waals surface area contributed by atoms with Gasteiger partial charge in [0.1, 0.15) is 12.4 Å². The average Bonchev–Trinajstić information content (AvgIpc) is 3.33. The lowest BCUT2D eigenvalue weighted by molar-refractivity contribution is -0.139. The summed E-state index contributed by atoms with van der Waals surface area (Å²) in [7, 11) is 3.08. The van der Waals surface area contributed by atoms with Crippen molar-refractivity contribution >= 4 is 67.9 Å². The van der Waals surface area contributed by atoms with E-state index in [-0.39, 0.29) is 29.9 Å². The molecule has 0 saturated heterocycles. The van der Waals surface area contributed by atoms with Gasteiger partial charge in [0.25, 0.3) is 5.56 Å². The number of carbonyl (C=O) groups is 2. The molecule has 0 spiro atoms. The van der Waals surface area contributed by atoms with E-state index in [1.54, 1.807) is 57.4 Å². The van der Waals surface area contributed by atoms with Crippen molar-refractivity contribution in [3.05, 3.63) is 116 Å². The van der Waals surface area contributed by atoms with Gasteiger partial charge in [-0.3, -0.25) is 9.36 Å². The maximum Gasteiger partial charge on any atom is 0.338 e. The fourth-order valence-electron chi connectivity index (χ4n) is 5.02. The molecule has 13 heteroatoms. The molecule has 0 aliphatic carbocycles. The number of carbonyl (C=O) groups excluding carboxylic acids is 1. The summed E-state index contributed by atoms with van der Waals surface area (Å²) in [5.74, 6) is -0.0121. The van der Waals surface area contributed by atoms with Crippen LogP contribution in [0.3, 0.4) is 0 Å². The smallest absolute Gasteiger partial charge is 0.338 e. The van der Waals surface area contributed by atoms with E-state index in [4.69, 9.17) is 18.9 Å². The number of aromatic nitrogens is 1. The Morgan fingerprint density at radius 2 is 1.87 bits per heavy atom. The fourth-order valence-corrected chi connectivity index (χ4v) is 7.41. The summed E-state index contributed by atoms with van der Waals surface area (Å²) in [4.78, 5) is 43.7. The molecule has 0 unspecified atom stereocenters. The maximum atomic E-state index is 14.1. The fraction of sp³-hybridized carbons (Fsp3) is 0.212. The van der Waals surface area contributed by atoms with Gasteiger partial charge in [0.15, 0.2) is 16.3 Å². The molecule has 0 bridgehead atoms. The van der Waals surface area contributed by atoms with Gasteiger partial charge in [-0.2, -0.15) is 0 Å². The number of benzene rings is 3. The molecule has 0 fully saturated rings. The minimum atomic E-state index is -1.01. The number of carboxylic acids is 1. The number of carboxylic acid groups (broad SMARTS) is 1. The molecule has 0 radical (unpaired) electrons. The quantitative estimate of drug-likeness (QED) is 0.165. The van der Waals surface area contributed by atoms with Crippen LogP contribution < -0.4 is 29.1 Å². The number of esters is 1. The zero-order valence-electron chi connectivity index (χ0n) is 25.1. The van der Waals surface area contributed by atoms with Gasteiger partial charge in [-0.15, -0.1) is 0 Å². The molecule has 1 aliphatic heterocycles. The molecular weight excluding hydrogens is 791 g/mol. The molecule has 0 amide bonds. The molecule has 1 N–H and O–H groups in total. The van der Waals surface area contributed by atoms with E-state index >= 15 is 0 Å². The summed E-state index contributed by atoms with van der Waals surface area (Å²) >= 11 is 6.87. The topological polar surface area (TPSA) is 126 Å². The highest BCUT2D eigenvalue weighted by molar-refractivity contribution is 14.1. The van der Waals surface area contributed by atoms with Gasteiger partial charge in [0, 0.05) is 0 Å². The van der Waals surface area contributed by atoms with E-state index in [0.29, 0.717) is 53.4 Å². The number of hydrogen-bond donors (Lipinski definition) is 1. The van der Waals surface area contributed by atoms with Crippen molar-refractivity contribution in [2.45, 2.75) is 26.5 Å². The van der Waals surface area contributed by atoms with E-state index < -0.39 is 18.0 Å². The Morgan fingerprint density at radius 3 is 2.54 bits per heavy atom. The summed E-state index contributed by atoms with van der Waals surface area (Å²) in [6.45, 7) is 3.77. The normalized spacial score (nSPS) is 14.4. The van der Waals surface area contributed by atoms with Crippen LogP contribution in [0.1, 0.15) is 46.9 Å². The van der Waals surface area contributed by atoms with Crippen LogP contribution in [0.15, 0.2) is 80.1 Å². The summed E-state index contributed by atoms with van der Waals surface area (Å²) in [6, 6.07) is 14.8. The Labute approximate surface area is 289 Å². The zero-order chi connectivity index (χ0) is 33.1. The number of ether oxygens (including phenoxy) is 4. The van der Waals surface area contributed by atoms with Crippen molar-refractivity contribution in [2.24, 2.45) is 4.99 Å². The summed E-state index contributed by atoms with van der Waals surface area (Å²) in [5.41, 5.74) is 2.67. The van der Waals surface area contributed by atoms with Crippen molar-refractivity contribution in [1.82, 2.24) is 4.57 Å². The lowest BCUT2D eigenvalue weighted by Gasteiger charge is -2.25. The number of thiazole rings is 1. The molecule has 5 rings (SSSR count). The maximum absolute atomic E-state index is 14.1. The van der Waals surface area contributed by atoms with E-state index in [1.165, 1.54) is 29.1 Å². The second kappa shape index (κ2) is 14.2. The van der Waals surface area contributed by atoms with Crippen LogP contribution in [0.4, 0.5) is 0 Å². The van der Waals surface area contributed by atoms with Gasteiger partial charge in [-0.1, -0.05) is 29.5 Å². The van der Waals surface area contributed by atoms with Crippen LogP contribution in [-0.2, 0) is 16.1 Å². The van der Waals surface area contributed by atoms with Crippen molar-refractivity contribution < 1.29 is 33.6 Å². The van der Waals surface area contributed by atoms with Crippen molar-refractivity contribution in [1.29, 1.82) is 0 Å². The van der Waals surface area contributed by atoms with E-state index in [1.807, 2.05) is 18.2 Å². The Balaban J connectivity index is 1.56. The molecule has 10 nitrogen and oxygen atoms in total. The highest BCUT2D eigenvalue weighted by Gasteiger charge is 2.33. The van der Waals surface area contributed by atoms with Gasteiger partial charge < -0.3 is 24.1 Å². The molecule has 0 saturated carbocycles. The summed E-state index contributed by atoms with van der Waals surface area (Å²) in [5, 5.41) is 9.30. The lowest BCUT2D eigenvalue weighted by atomic mass is 9.96. The molecule has 3 aromatic carbocycles. The van der Waals surface area contributed by atoms with Gasteiger partial charge in [0.2, 0.25) is 0 Å². The predicted molar refractivity (Wildman–Crippen MR) is 185 cm³/mol. The number of halogens is 2. The Kier molecular flexibility index (Phi) is 10.3. The summed E-state index contributed by atoms with van der Waals surface area (Å²) in [6.07, 6.45) is 1.75. The molecule has 1 atom stereocenters. The molecule has 2 heterocycles. The molecule has 238 valence electrons. The van der Waals surface area contributed by atoms with E-state index in [2.05, 4.69) is 43.5 Å². The first-order valence-electron chi connectivity index (χ1n) is 13.9. The highest BCUT2D eigenvalue weighted by Crippen LogP contribution is 2.36. The number of nitrogens with zero attached hydrogens (tertiary/aromatic N) is 2. The largest absolute Gasteiger partial charge is 0.496 e. The van der Waals surface area contributed by atoms with Gasteiger partial charge in [-0.25, -0.2) is 14.6 Å². The van der Waals surface area contributed by atoms with Crippen LogP contribution in [0.25, 0.3) is 6.08 Å². The first-order chi connectivity index (χ1) is 22.1. The molecule has 4 aromatic rings. The number of aromatic carboxylic acids is 1. The second-order valence-electron chi connectivity index (χ2n) is 10.0. The van der Waals surface area contributed by atoms with Crippen LogP contribution in [0.5, 0.6) is 17.2 Å². The van der Waals surface area contributed by atoms with Gasteiger partial charge in [-0.05, 0) is 112 Å². The molecular formula is C33H28BrIN2O8S. The summed E-state index contributed by atoms with van der Waals surface area (Å²) < 4.78 is 25.8. The standard InChI is InChI=1S/C33H28BrIN2O8S/c1-5-44-32(41)27-17(2)36-33-37(28(27)20-9-10-24(42-3)22(34)15-20)30(38)26(46-33)14-19-12-23(35)29(25(13-19)43-4)45-16-18-7-6-8-21(11-18)31(39)40/h6-15,28H,5,16H2,1-4H3,(H,39,40)/b26-14-/t28-/m0/s1. The van der Waals surface area contributed by atoms with Crippen LogP contribution in [0, 0.1) is 3.57 Å². The predicted octanol–water partition coefficient (Wildman–Crippen LogP) is 5.46. The van der Waals surface area contributed by atoms with Crippen LogP contribution in [0.2, 0.25) is 0 Å². The van der Waals surface area contributed by atoms with Gasteiger partial charge >= 0.3 is 11.9 Å². The minimum absolute atomic E-state index is 0.134. The van der Waals surface area contributed by atoms with Crippen molar-refractivity contribution in [2.75, 3.05) is 20.8 Å². The number of hydrogen-bond acceptors (Lipinski definition) is 9. The second-order valence-corrected chi connectivity index (χ2v) is 13.1. The SMILES string of the molecule is CCOC(=O)C1=C(C)N=c2s/c(=C\c3cc(I)c(OCc4cccc(C(=O)O)c4)c(OC)c3)c(=O)n2[C@H]1c1ccc(OC)c(Br)c1. The van der Waals surface area contributed by atoms with E-state index in [9.17, 15) is 19.5 Å². The Bertz CT molecular complexity index is 2070. The third-order valence-electron chi connectivity index (χ3n) is 7.12. The monoisotopic (exact) mass is 818 g/mol. The number of rotatable bonds is 10. The van der Waals surface area contributed by atoms with Crippen LogP contribution >= 0.6 is 49.9 Å². The number of allylic oxidation sites excluding steroid dienone is 1. The van der Waals surface area contributed by atoms with Crippen molar-refractivity contribution in [3.8, 4) is 17.2 Å². The Hall–Kier alpha value is -3.95. The van der Waals surface area contributed by atoms with Crippen LogP contribution in [-0.4, -0.2) is 42.4 Å². The number of fused-ring (bicyclic) bond motifs is 1. The molecule has 46 heavy (non-hydrogen) atoms. The lowest BCUT2D eigenvalue weighted by Crippen LogP contribution is -2.40. The van der Waals surface area contributed by atoms with Gasteiger partial charge in [0.05, 0.1) is 56.3 Å². The van der Waals surface area contributed by atoms with E-state index in [0.717, 1.165) is 3.57 Å². The minimum Gasteiger partial charge on any atom is -0.496 e. The molecule has 1 aromatic heterocycles. The molecule has 1 aliphatic rings.